The molecule has 1 saturated heterocycles. The molecule has 1 aliphatic heterocycles. The van der Waals surface area contributed by atoms with Gasteiger partial charge in [-0.15, -0.1) is 0 Å². The summed E-state index contributed by atoms with van der Waals surface area (Å²) in [5, 5.41) is 2.48. The summed E-state index contributed by atoms with van der Waals surface area (Å²) in [6.45, 7) is 3.00. The summed E-state index contributed by atoms with van der Waals surface area (Å²) < 4.78 is 5.32. The van der Waals surface area contributed by atoms with Gasteiger partial charge >= 0.3 is 0 Å². The Morgan fingerprint density at radius 1 is 1.17 bits per heavy atom. The molecule has 1 atom stereocenters. The molecular formula is C21H28N2O5S. The van der Waals surface area contributed by atoms with Crippen LogP contribution in [0.15, 0.2) is 24.3 Å². The van der Waals surface area contributed by atoms with E-state index in [0.29, 0.717) is 51.1 Å². The lowest BCUT2D eigenvalue weighted by Crippen LogP contribution is -2.31. The summed E-state index contributed by atoms with van der Waals surface area (Å²) in [6.07, 6.45) is 3.89. The second-order valence-corrected chi connectivity index (χ2v) is 7.81. The topological polar surface area (TPSA) is 92.8 Å². The minimum atomic E-state index is -0.304. The zero-order valence-electron chi connectivity index (χ0n) is 16.9. The number of rotatable bonds is 12. The third-order valence-electron chi connectivity index (χ3n) is 4.71. The molecule has 0 radical (unpaired) electrons. The summed E-state index contributed by atoms with van der Waals surface area (Å²) in [7, 11) is 0. The number of hydrogen-bond donors (Lipinski definition) is 1. The highest BCUT2D eigenvalue weighted by molar-refractivity contribution is 8.00. The van der Waals surface area contributed by atoms with Crippen LogP contribution in [0, 0.1) is 0 Å². The first kappa shape index (κ1) is 23.1. The van der Waals surface area contributed by atoms with Crippen LogP contribution in [0.4, 0.5) is 5.69 Å². The number of hydrogen-bond acceptors (Lipinski definition) is 6. The smallest absolute Gasteiger partial charge is 0.247 e. The number of Topliss-reactive ketones (excluding diaryl/α,β-unsaturated/α-hetero) is 1. The Kier molecular flexibility index (Phi) is 9.34. The number of amides is 3. The first-order chi connectivity index (χ1) is 14.0. The van der Waals surface area contributed by atoms with Gasteiger partial charge in [-0.05, 0) is 30.4 Å². The monoisotopic (exact) mass is 420 g/mol. The van der Waals surface area contributed by atoms with Gasteiger partial charge in [0, 0.05) is 32.2 Å². The summed E-state index contributed by atoms with van der Waals surface area (Å²) >= 11 is 1.39. The molecule has 1 unspecified atom stereocenters. The number of benzene rings is 1. The van der Waals surface area contributed by atoms with Crippen molar-refractivity contribution in [2.24, 2.45) is 0 Å². The molecular weight excluding hydrogens is 392 g/mol. The van der Waals surface area contributed by atoms with Crippen molar-refractivity contribution in [3.05, 3.63) is 29.8 Å². The van der Waals surface area contributed by atoms with Crippen molar-refractivity contribution in [2.45, 2.75) is 44.3 Å². The number of carbonyl (C=O) groups is 4. The van der Waals surface area contributed by atoms with Gasteiger partial charge in [-0.25, -0.2) is 4.90 Å². The minimum Gasteiger partial charge on any atom is -0.379 e. The van der Waals surface area contributed by atoms with E-state index in [1.165, 1.54) is 16.7 Å². The maximum atomic E-state index is 12.3. The van der Waals surface area contributed by atoms with Gasteiger partial charge in [-0.2, -0.15) is 11.8 Å². The Balaban J connectivity index is 1.69. The van der Waals surface area contributed by atoms with Crippen LogP contribution in [0.5, 0.6) is 0 Å². The normalized spacial score (nSPS) is 16.3. The van der Waals surface area contributed by atoms with Gasteiger partial charge in [-0.3, -0.25) is 19.2 Å². The molecule has 0 saturated carbocycles. The molecule has 1 aromatic carbocycles. The Morgan fingerprint density at radius 3 is 2.52 bits per heavy atom. The number of nitrogens with one attached hydrogen (secondary N) is 1. The van der Waals surface area contributed by atoms with E-state index in [-0.39, 0.29) is 35.2 Å². The highest BCUT2D eigenvalue weighted by atomic mass is 32.2. The van der Waals surface area contributed by atoms with Crippen molar-refractivity contribution >= 4 is 41.0 Å². The van der Waals surface area contributed by atoms with Gasteiger partial charge in [-0.1, -0.05) is 19.1 Å². The quantitative estimate of drug-likeness (QED) is 0.411. The number of aryl methyl sites for hydroxylation is 1. The number of imide groups is 1. The van der Waals surface area contributed by atoms with Crippen LogP contribution in [-0.2, 0) is 30.3 Å². The highest BCUT2D eigenvalue weighted by Gasteiger charge is 2.38. The van der Waals surface area contributed by atoms with Crippen LogP contribution in [0.1, 0.15) is 38.2 Å². The Hall–Kier alpha value is -2.19. The zero-order chi connectivity index (χ0) is 21.2. The molecule has 1 aliphatic rings. The molecule has 7 nitrogen and oxygen atoms in total. The SMILES string of the molecule is CCC(=O)CCOCCNC(=O)CCc1ccc(N2C(=O)CC(SC)C2=O)cc1. The zero-order valence-corrected chi connectivity index (χ0v) is 17.8. The number of ketones is 1. The molecule has 0 bridgehead atoms. The third kappa shape index (κ3) is 6.97. The molecule has 1 aromatic rings. The largest absolute Gasteiger partial charge is 0.379 e. The molecule has 1 heterocycles. The van der Waals surface area contributed by atoms with Crippen LogP contribution in [0.25, 0.3) is 0 Å². The van der Waals surface area contributed by atoms with Crippen molar-refractivity contribution in [3.63, 3.8) is 0 Å². The molecule has 158 valence electrons. The first-order valence-corrected chi connectivity index (χ1v) is 11.1. The summed E-state index contributed by atoms with van der Waals surface area (Å²) in [6, 6.07) is 7.17. The standard InChI is InChI=1S/C21H28N2O5S/c1-3-17(24)10-12-28-13-11-22-19(25)9-6-15-4-7-16(8-5-15)23-20(26)14-18(29-2)21(23)27/h4-5,7-8,18H,3,6,9-14H2,1-2H3,(H,22,25). The van der Waals surface area contributed by atoms with E-state index >= 15 is 0 Å². The lowest BCUT2D eigenvalue weighted by Gasteiger charge is -2.15. The van der Waals surface area contributed by atoms with Crippen LogP contribution < -0.4 is 10.2 Å². The van der Waals surface area contributed by atoms with E-state index in [2.05, 4.69) is 5.32 Å². The molecule has 0 spiro atoms. The van der Waals surface area contributed by atoms with Gasteiger partial charge in [0.2, 0.25) is 17.7 Å². The van der Waals surface area contributed by atoms with Gasteiger partial charge in [0.15, 0.2) is 0 Å². The maximum absolute atomic E-state index is 12.3. The summed E-state index contributed by atoms with van der Waals surface area (Å²) in [4.78, 5) is 48.6. The van der Waals surface area contributed by atoms with Crippen molar-refractivity contribution in [2.75, 3.05) is 30.9 Å². The van der Waals surface area contributed by atoms with Crippen LogP contribution in [0.3, 0.4) is 0 Å². The van der Waals surface area contributed by atoms with Crippen molar-refractivity contribution in [1.29, 1.82) is 0 Å². The molecule has 29 heavy (non-hydrogen) atoms. The van der Waals surface area contributed by atoms with Crippen molar-refractivity contribution < 1.29 is 23.9 Å². The number of nitrogens with zero attached hydrogens (tertiary/aromatic N) is 1. The minimum absolute atomic E-state index is 0.0741. The van der Waals surface area contributed by atoms with Crippen molar-refractivity contribution in [3.8, 4) is 0 Å². The number of carbonyl (C=O) groups excluding carboxylic acids is 4. The Morgan fingerprint density at radius 2 is 1.90 bits per heavy atom. The van der Waals surface area contributed by atoms with Crippen molar-refractivity contribution in [1.82, 2.24) is 5.32 Å². The van der Waals surface area contributed by atoms with Gasteiger partial charge < -0.3 is 10.1 Å². The van der Waals surface area contributed by atoms with E-state index in [1.54, 1.807) is 12.1 Å². The van der Waals surface area contributed by atoms with E-state index in [0.717, 1.165) is 5.56 Å². The Bertz CT molecular complexity index is 735. The average Bonchev–Trinajstić information content (AvgIpc) is 3.02. The van der Waals surface area contributed by atoms with Gasteiger partial charge in [0.25, 0.3) is 0 Å². The highest BCUT2D eigenvalue weighted by Crippen LogP contribution is 2.28. The fraction of sp³-hybridized carbons (Fsp3) is 0.524. The number of anilines is 1. The lowest BCUT2D eigenvalue weighted by molar-refractivity contribution is -0.122. The molecule has 3 amide bonds. The predicted octanol–water partition coefficient (Wildman–Crippen LogP) is 2.12. The maximum Gasteiger partial charge on any atom is 0.247 e. The lowest BCUT2D eigenvalue weighted by atomic mass is 10.1. The van der Waals surface area contributed by atoms with Gasteiger partial charge in [0.05, 0.1) is 24.2 Å². The summed E-state index contributed by atoms with van der Waals surface area (Å²) in [5.74, 6) is -0.253. The molecule has 0 aromatic heterocycles. The van der Waals surface area contributed by atoms with E-state index < -0.39 is 0 Å². The number of thioether (sulfide) groups is 1. The van der Waals surface area contributed by atoms with E-state index in [1.807, 2.05) is 25.3 Å². The Labute approximate surface area is 175 Å². The van der Waals surface area contributed by atoms with Crippen LogP contribution >= 0.6 is 11.8 Å². The number of ether oxygens (including phenoxy) is 1. The second kappa shape index (κ2) is 11.7. The fourth-order valence-electron chi connectivity index (χ4n) is 2.94. The fourth-order valence-corrected chi connectivity index (χ4v) is 3.56. The molecule has 2 rings (SSSR count). The van der Waals surface area contributed by atoms with Crippen LogP contribution in [-0.4, -0.2) is 54.8 Å². The summed E-state index contributed by atoms with van der Waals surface area (Å²) in [5.41, 5.74) is 1.53. The second-order valence-electron chi connectivity index (χ2n) is 6.77. The van der Waals surface area contributed by atoms with E-state index in [4.69, 9.17) is 4.74 Å². The van der Waals surface area contributed by atoms with Crippen LogP contribution in [0.2, 0.25) is 0 Å². The molecule has 8 heteroatoms. The molecule has 0 aliphatic carbocycles. The molecule has 1 N–H and O–H groups in total. The average molecular weight is 421 g/mol. The molecule has 1 fully saturated rings. The predicted molar refractivity (Wildman–Crippen MR) is 113 cm³/mol. The third-order valence-corrected chi connectivity index (χ3v) is 5.65. The van der Waals surface area contributed by atoms with E-state index in [9.17, 15) is 19.2 Å². The van der Waals surface area contributed by atoms with Gasteiger partial charge in [0.1, 0.15) is 5.78 Å². The first-order valence-electron chi connectivity index (χ1n) is 9.81.